The van der Waals surface area contributed by atoms with Crippen molar-refractivity contribution in [2.24, 2.45) is 0 Å². The number of hydrogen-bond donors (Lipinski definition) is 1. The molecule has 4 rings (SSSR count). The van der Waals surface area contributed by atoms with E-state index in [1.807, 2.05) is 30.3 Å². The van der Waals surface area contributed by atoms with E-state index in [0.717, 1.165) is 44.3 Å². The van der Waals surface area contributed by atoms with Crippen molar-refractivity contribution in [2.75, 3.05) is 14.2 Å². The molecule has 0 spiro atoms. The van der Waals surface area contributed by atoms with E-state index in [9.17, 15) is 0 Å². The Kier molecular flexibility index (Phi) is 2.73. The molecule has 2 aromatic carbocycles. The number of methoxy groups -OCH3 is 2. The monoisotopic (exact) mass is 292 g/mol. The van der Waals surface area contributed by atoms with Gasteiger partial charge < -0.3 is 14.5 Å². The molecule has 22 heavy (non-hydrogen) atoms. The van der Waals surface area contributed by atoms with E-state index >= 15 is 0 Å². The number of aryl methyl sites for hydroxylation is 1. The predicted octanol–water partition coefficient (Wildman–Crippen LogP) is 4.19. The summed E-state index contributed by atoms with van der Waals surface area (Å²) in [7, 11) is 3.36. The summed E-state index contributed by atoms with van der Waals surface area (Å²) in [5.74, 6) is 1.69. The smallest absolute Gasteiger partial charge is 0.139 e. The van der Waals surface area contributed by atoms with Crippen LogP contribution in [0.1, 0.15) is 5.56 Å². The number of nitrogens with zero attached hydrogens (tertiary/aromatic N) is 1. The third-order valence-corrected chi connectivity index (χ3v) is 4.20. The molecule has 0 saturated carbocycles. The molecular formula is C18H16N2O2. The molecule has 2 heterocycles. The SMILES string of the molecule is COc1ccc2nc3[nH]c4ccc(OC)cc4c3c(C)c2c1. The standard InChI is InChI=1S/C18H16N2O2/c1-10-13-8-11(21-2)4-6-15(13)19-18-17(10)14-9-12(22-3)5-7-16(14)20-18/h4-9H,1-3H3,(H,19,20). The number of fused-ring (bicyclic) bond motifs is 4. The van der Waals surface area contributed by atoms with Crippen LogP contribution in [-0.4, -0.2) is 24.2 Å². The second-order valence-corrected chi connectivity index (χ2v) is 5.38. The summed E-state index contributed by atoms with van der Waals surface area (Å²) in [4.78, 5) is 8.15. The number of aromatic nitrogens is 2. The van der Waals surface area contributed by atoms with Gasteiger partial charge in [-0.1, -0.05) is 0 Å². The first-order chi connectivity index (χ1) is 10.7. The number of rotatable bonds is 2. The Labute approximate surface area is 127 Å². The number of H-pyrrole nitrogens is 1. The van der Waals surface area contributed by atoms with Gasteiger partial charge in [0.25, 0.3) is 0 Å². The topological polar surface area (TPSA) is 47.1 Å². The summed E-state index contributed by atoms with van der Waals surface area (Å²) in [6.45, 7) is 2.12. The van der Waals surface area contributed by atoms with Crippen molar-refractivity contribution >= 4 is 32.8 Å². The second-order valence-electron chi connectivity index (χ2n) is 5.38. The molecule has 0 aliphatic heterocycles. The Balaban J connectivity index is 2.17. The van der Waals surface area contributed by atoms with Gasteiger partial charge in [-0.25, -0.2) is 4.98 Å². The van der Waals surface area contributed by atoms with Crippen LogP contribution >= 0.6 is 0 Å². The average molecular weight is 292 g/mol. The van der Waals surface area contributed by atoms with Crippen LogP contribution in [0.4, 0.5) is 0 Å². The normalized spacial score (nSPS) is 11.4. The van der Waals surface area contributed by atoms with E-state index in [0.29, 0.717) is 0 Å². The molecule has 2 aromatic heterocycles. The number of ether oxygens (including phenoxy) is 2. The van der Waals surface area contributed by atoms with E-state index in [1.165, 1.54) is 5.56 Å². The van der Waals surface area contributed by atoms with Crippen LogP contribution < -0.4 is 9.47 Å². The predicted molar refractivity (Wildman–Crippen MR) is 88.9 cm³/mol. The molecule has 110 valence electrons. The fraction of sp³-hybridized carbons (Fsp3) is 0.167. The number of hydrogen-bond acceptors (Lipinski definition) is 3. The van der Waals surface area contributed by atoms with Crippen molar-refractivity contribution < 1.29 is 9.47 Å². The molecule has 0 fully saturated rings. The van der Waals surface area contributed by atoms with Crippen LogP contribution in [0.25, 0.3) is 32.8 Å². The van der Waals surface area contributed by atoms with Crippen molar-refractivity contribution in [3.8, 4) is 11.5 Å². The highest BCUT2D eigenvalue weighted by atomic mass is 16.5. The van der Waals surface area contributed by atoms with E-state index in [4.69, 9.17) is 14.5 Å². The van der Waals surface area contributed by atoms with Crippen LogP contribution in [0.5, 0.6) is 11.5 Å². The quantitative estimate of drug-likeness (QED) is 0.602. The first-order valence-electron chi connectivity index (χ1n) is 7.15. The summed E-state index contributed by atoms with van der Waals surface area (Å²) in [6.07, 6.45) is 0. The van der Waals surface area contributed by atoms with Gasteiger partial charge in [0.1, 0.15) is 17.1 Å². The molecule has 0 bridgehead atoms. The third kappa shape index (κ3) is 1.73. The number of nitrogens with one attached hydrogen (secondary N) is 1. The minimum atomic E-state index is 0.842. The number of benzene rings is 2. The lowest BCUT2D eigenvalue weighted by atomic mass is 10.0. The zero-order valence-corrected chi connectivity index (χ0v) is 12.7. The molecule has 4 heteroatoms. The minimum absolute atomic E-state index is 0.842. The highest BCUT2D eigenvalue weighted by molar-refractivity contribution is 6.12. The van der Waals surface area contributed by atoms with Gasteiger partial charge in [0.05, 0.1) is 19.7 Å². The average Bonchev–Trinajstić information content (AvgIpc) is 2.92. The summed E-state index contributed by atoms with van der Waals surface area (Å²) < 4.78 is 10.7. The fourth-order valence-corrected chi connectivity index (χ4v) is 3.04. The van der Waals surface area contributed by atoms with Crippen LogP contribution in [0.15, 0.2) is 36.4 Å². The third-order valence-electron chi connectivity index (χ3n) is 4.20. The minimum Gasteiger partial charge on any atom is -0.497 e. The maximum absolute atomic E-state index is 5.35. The molecular weight excluding hydrogens is 276 g/mol. The summed E-state index contributed by atoms with van der Waals surface area (Å²) in [5.41, 5.74) is 4.12. The molecule has 0 unspecified atom stereocenters. The van der Waals surface area contributed by atoms with Crippen LogP contribution in [0.2, 0.25) is 0 Å². The second kappa shape index (κ2) is 4.63. The first kappa shape index (κ1) is 13.0. The lowest BCUT2D eigenvalue weighted by molar-refractivity contribution is 0.415. The van der Waals surface area contributed by atoms with E-state index in [1.54, 1.807) is 14.2 Å². The number of aromatic amines is 1. The van der Waals surface area contributed by atoms with E-state index < -0.39 is 0 Å². The highest BCUT2D eigenvalue weighted by Gasteiger charge is 2.13. The Morgan fingerprint density at radius 1 is 0.909 bits per heavy atom. The molecule has 0 atom stereocenters. The van der Waals surface area contributed by atoms with Crippen molar-refractivity contribution in [3.05, 3.63) is 42.0 Å². The van der Waals surface area contributed by atoms with Gasteiger partial charge in [-0.05, 0) is 48.9 Å². The van der Waals surface area contributed by atoms with E-state index in [2.05, 4.69) is 18.0 Å². The van der Waals surface area contributed by atoms with Gasteiger partial charge >= 0.3 is 0 Å². The molecule has 0 aliphatic rings. The van der Waals surface area contributed by atoms with Gasteiger partial charge in [0.15, 0.2) is 0 Å². The van der Waals surface area contributed by atoms with Crippen LogP contribution in [0.3, 0.4) is 0 Å². The van der Waals surface area contributed by atoms with Crippen molar-refractivity contribution in [1.82, 2.24) is 9.97 Å². The largest absolute Gasteiger partial charge is 0.497 e. The molecule has 4 nitrogen and oxygen atoms in total. The lowest BCUT2D eigenvalue weighted by Gasteiger charge is -2.06. The fourth-order valence-electron chi connectivity index (χ4n) is 3.04. The Hall–Kier alpha value is -2.75. The van der Waals surface area contributed by atoms with Crippen molar-refractivity contribution in [3.63, 3.8) is 0 Å². The van der Waals surface area contributed by atoms with E-state index in [-0.39, 0.29) is 0 Å². The maximum Gasteiger partial charge on any atom is 0.139 e. The zero-order chi connectivity index (χ0) is 15.3. The van der Waals surface area contributed by atoms with Gasteiger partial charge in [0, 0.05) is 21.7 Å². The zero-order valence-electron chi connectivity index (χ0n) is 12.7. The Morgan fingerprint density at radius 3 is 2.32 bits per heavy atom. The molecule has 0 radical (unpaired) electrons. The molecule has 4 aromatic rings. The van der Waals surface area contributed by atoms with Gasteiger partial charge in [-0.2, -0.15) is 0 Å². The molecule has 0 aliphatic carbocycles. The van der Waals surface area contributed by atoms with Crippen molar-refractivity contribution in [2.45, 2.75) is 6.92 Å². The molecule has 1 N–H and O–H groups in total. The van der Waals surface area contributed by atoms with Crippen LogP contribution in [0, 0.1) is 6.92 Å². The highest BCUT2D eigenvalue weighted by Crippen LogP contribution is 2.34. The first-order valence-corrected chi connectivity index (χ1v) is 7.15. The van der Waals surface area contributed by atoms with Gasteiger partial charge in [0.2, 0.25) is 0 Å². The summed E-state index contributed by atoms with van der Waals surface area (Å²) in [6, 6.07) is 12.0. The Morgan fingerprint density at radius 2 is 1.59 bits per heavy atom. The maximum atomic E-state index is 5.35. The summed E-state index contributed by atoms with van der Waals surface area (Å²) >= 11 is 0. The van der Waals surface area contributed by atoms with Crippen LogP contribution in [-0.2, 0) is 0 Å². The lowest BCUT2D eigenvalue weighted by Crippen LogP contribution is -1.88. The van der Waals surface area contributed by atoms with Gasteiger partial charge in [-0.3, -0.25) is 0 Å². The van der Waals surface area contributed by atoms with Crippen molar-refractivity contribution in [1.29, 1.82) is 0 Å². The summed E-state index contributed by atoms with van der Waals surface area (Å²) in [5, 5.41) is 3.37. The molecule has 0 amide bonds. The number of pyridine rings is 1. The van der Waals surface area contributed by atoms with Gasteiger partial charge in [-0.15, -0.1) is 0 Å². The molecule has 0 saturated heterocycles. The Bertz CT molecular complexity index is 1020.